The van der Waals surface area contributed by atoms with Gasteiger partial charge in [-0.2, -0.15) is 0 Å². The molecule has 0 spiro atoms. The van der Waals surface area contributed by atoms with Gasteiger partial charge in [-0.15, -0.1) is 10.2 Å². The smallest absolute Gasteiger partial charge is 0.164 e. The Kier molecular flexibility index (Phi) is 3.82. The summed E-state index contributed by atoms with van der Waals surface area (Å²) in [5.74, 6) is 2.54. The molecule has 2 aromatic heterocycles. The third-order valence-electron chi connectivity index (χ3n) is 5.84. The molecule has 2 fully saturated rings. The van der Waals surface area contributed by atoms with Crippen molar-refractivity contribution in [2.45, 2.75) is 37.6 Å². The van der Waals surface area contributed by atoms with Crippen molar-refractivity contribution < 1.29 is 0 Å². The standard InChI is InChI=1S/C23H22N6/c1-2-18(23-27-26-15-29(23)20-6-7-20)12-21(3-1)28-10-8-16(9-11-28)19-13-24-22(25-14-19)17-4-5-17/h1-3,8-10,12-15,17,20H,4-7,11H2. The number of nitrogens with zero attached hydrogens (tertiary/aromatic N) is 6. The summed E-state index contributed by atoms with van der Waals surface area (Å²) in [6.07, 6.45) is 17.2. The fourth-order valence-corrected chi connectivity index (χ4v) is 3.83. The number of hydrogen-bond donors (Lipinski definition) is 0. The van der Waals surface area contributed by atoms with Crippen molar-refractivity contribution in [3.63, 3.8) is 0 Å². The average Bonchev–Trinajstić information content (AvgIpc) is 3.73. The van der Waals surface area contributed by atoms with Gasteiger partial charge in [0.2, 0.25) is 0 Å². The van der Waals surface area contributed by atoms with Gasteiger partial charge in [-0.3, -0.25) is 0 Å². The molecular formula is C23H22N6. The maximum absolute atomic E-state index is 4.55. The van der Waals surface area contributed by atoms with E-state index in [1.807, 2.05) is 18.7 Å². The summed E-state index contributed by atoms with van der Waals surface area (Å²) in [5.41, 5.74) is 4.52. The Bertz CT molecular complexity index is 1100. The van der Waals surface area contributed by atoms with Crippen LogP contribution in [0.15, 0.2) is 61.3 Å². The van der Waals surface area contributed by atoms with Gasteiger partial charge in [-0.1, -0.05) is 18.2 Å². The number of hydrogen-bond acceptors (Lipinski definition) is 5. The zero-order valence-electron chi connectivity index (χ0n) is 16.1. The van der Waals surface area contributed by atoms with Crippen LogP contribution in [0.1, 0.15) is 49.0 Å². The molecule has 2 aliphatic carbocycles. The van der Waals surface area contributed by atoms with Crippen LogP contribution in [0.4, 0.5) is 5.69 Å². The second-order valence-corrected chi connectivity index (χ2v) is 8.08. The highest BCUT2D eigenvalue weighted by atomic mass is 15.3. The van der Waals surface area contributed by atoms with E-state index in [9.17, 15) is 0 Å². The molecule has 6 heteroatoms. The summed E-state index contributed by atoms with van der Waals surface area (Å²) in [6.45, 7) is 0.814. The molecule has 0 N–H and O–H groups in total. The van der Waals surface area contributed by atoms with E-state index >= 15 is 0 Å². The van der Waals surface area contributed by atoms with Gasteiger partial charge >= 0.3 is 0 Å². The van der Waals surface area contributed by atoms with Gasteiger partial charge in [0, 0.05) is 53.9 Å². The van der Waals surface area contributed by atoms with Gasteiger partial charge in [-0.25, -0.2) is 9.97 Å². The van der Waals surface area contributed by atoms with E-state index in [1.165, 1.54) is 31.3 Å². The van der Waals surface area contributed by atoms with E-state index < -0.39 is 0 Å². The topological polar surface area (TPSA) is 59.7 Å². The van der Waals surface area contributed by atoms with Crippen molar-refractivity contribution in [2.75, 3.05) is 11.4 Å². The molecule has 3 aliphatic rings. The molecule has 0 amide bonds. The van der Waals surface area contributed by atoms with Gasteiger partial charge < -0.3 is 9.47 Å². The van der Waals surface area contributed by atoms with E-state index in [2.05, 4.69) is 72.2 Å². The van der Waals surface area contributed by atoms with Gasteiger partial charge in [0.05, 0.1) is 0 Å². The summed E-state index contributed by atoms with van der Waals surface area (Å²) in [5, 5.41) is 8.49. The maximum Gasteiger partial charge on any atom is 0.164 e. The minimum atomic E-state index is 0.567. The molecule has 3 aromatic rings. The van der Waals surface area contributed by atoms with Crippen LogP contribution in [0.3, 0.4) is 0 Å². The number of rotatable bonds is 5. The number of anilines is 1. The zero-order valence-corrected chi connectivity index (χ0v) is 16.1. The van der Waals surface area contributed by atoms with Gasteiger partial charge in [0.15, 0.2) is 5.82 Å². The van der Waals surface area contributed by atoms with Crippen LogP contribution in [0, 0.1) is 0 Å². The first kappa shape index (κ1) is 16.7. The molecular weight excluding hydrogens is 360 g/mol. The van der Waals surface area contributed by atoms with E-state index in [1.54, 1.807) is 0 Å². The normalized spacial score (nSPS) is 18.8. The van der Waals surface area contributed by atoms with Crippen LogP contribution < -0.4 is 4.90 Å². The quantitative estimate of drug-likeness (QED) is 0.656. The molecule has 144 valence electrons. The van der Waals surface area contributed by atoms with Gasteiger partial charge in [0.1, 0.15) is 12.2 Å². The molecule has 6 nitrogen and oxygen atoms in total. The molecule has 0 atom stereocenters. The summed E-state index contributed by atoms with van der Waals surface area (Å²) in [7, 11) is 0. The molecule has 2 saturated carbocycles. The third-order valence-corrected chi connectivity index (χ3v) is 5.84. The summed E-state index contributed by atoms with van der Waals surface area (Å²) in [6, 6.07) is 9.10. The second kappa shape index (κ2) is 6.65. The fourth-order valence-electron chi connectivity index (χ4n) is 3.83. The molecule has 0 saturated heterocycles. The maximum atomic E-state index is 4.55. The first-order valence-corrected chi connectivity index (χ1v) is 10.3. The number of allylic oxidation sites excluding steroid dienone is 2. The van der Waals surface area contributed by atoms with E-state index in [0.29, 0.717) is 12.0 Å². The highest BCUT2D eigenvalue weighted by molar-refractivity contribution is 5.77. The van der Waals surface area contributed by atoms with Crippen LogP contribution in [0.2, 0.25) is 0 Å². The monoisotopic (exact) mass is 382 g/mol. The lowest BCUT2D eigenvalue weighted by Crippen LogP contribution is -2.18. The van der Waals surface area contributed by atoms with Crippen LogP contribution in [0.5, 0.6) is 0 Å². The molecule has 6 rings (SSSR count). The van der Waals surface area contributed by atoms with Crippen molar-refractivity contribution in [3.8, 4) is 11.4 Å². The zero-order chi connectivity index (χ0) is 19.2. The molecule has 1 aromatic carbocycles. The van der Waals surface area contributed by atoms with Gasteiger partial charge in [-0.05, 0) is 49.5 Å². The van der Waals surface area contributed by atoms with Crippen molar-refractivity contribution >= 4 is 11.3 Å². The first-order valence-electron chi connectivity index (χ1n) is 10.3. The van der Waals surface area contributed by atoms with Crippen molar-refractivity contribution in [1.29, 1.82) is 0 Å². The molecule has 3 heterocycles. The largest absolute Gasteiger partial charge is 0.344 e. The lowest BCUT2D eigenvalue weighted by molar-refractivity contribution is 0.746. The van der Waals surface area contributed by atoms with Crippen LogP contribution >= 0.6 is 0 Å². The van der Waals surface area contributed by atoms with Crippen molar-refractivity contribution in [2.24, 2.45) is 0 Å². The SMILES string of the molecule is C1=CN(c2cccc(-c3nncn3C3CC3)c2)CC=C1c1cnc(C2CC2)nc1. The van der Waals surface area contributed by atoms with E-state index in [-0.39, 0.29) is 0 Å². The predicted octanol–water partition coefficient (Wildman–Crippen LogP) is 4.36. The van der Waals surface area contributed by atoms with Crippen LogP contribution in [-0.4, -0.2) is 31.3 Å². The fraction of sp³-hybridized carbons (Fsp3) is 0.304. The number of benzene rings is 1. The summed E-state index contributed by atoms with van der Waals surface area (Å²) >= 11 is 0. The Morgan fingerprint density at radius 1 is 0.966 bits per heavy atom. The van der Waals surface area contributed by atoms with Gasteiger partial charge in [0.25, 0.3) is 0 Å². The van der Waals surface area contributed by atoms with Crippen molar-refractivity contribution in [1.82, 2.24) is 24.7 Å². The number of aromatic nitrogens is 5. The van der Waals surface area contributed by atoms with Crippen LogP contribution in [0.25, 0.3) is 17.0 Å². The second-order valence-electron chi connectivity index (χ2n) is 8.08. The summed E-state index contributed by atoms with van der Waals surface area (Å²) in [4.78, 5) is 11.3. The molecule has 0 bridgehead atoms. The lowest BCUT2D eigenvalue weighted by atomic mass is 10.1. The van der Waals surface area contributed by atoms with Crippen molar-refractivity contribution in [3.05, 3.63) is 72.7 Å². The Morgan fingerprint density at radius 3 is 2.55 bits per heavy atom. The highest BCUT2D eigenvalue weighted by Gasteiger charge is 2.27. The Morgan fingerprint density at radius 2 is 1.83 bits per heavy atom. The van der Waals surface area contributed by atoms with E-state index in [0.717, 1.165) is 35.0 Å². The van der Waals surface area contributed by atoms with Crippen LogP contribution in [-0.2, 0) is 0 Å². The predicted molar refractivity (Wildman–Crippen MR) is 112 cm³/mol. The molecule has 0 unspecified atom stereocenters. The average molecular weight is 382 g/mol. The Balaban J connectivity index is 1.21. The molecule has 1 aliphatic heterocycles. The lowest BCUT2D eigenvalue weighted by Gasteiger charge is -2.23. The minimum Gasteiger partial charge on any atom is -0.344 e. The molecule has 0 radical (unpaired) electrons. The third kappa shape index (κ3) is 3.24. The Labute approximate surface area is 169 Å². The first-order chi connectivity index (χ1) is 14.3. The van der Waals surface area contributed by atoms with E-state index in [4.69, 9.17) is 0 Å². The minimum absolute atomic E-state index is 0.567. The summed E-state index contributed by atoms with van der Waals surface area (Å²) < 4.78 is 2.20. The highest BCUT2D eigenvalue weighted by Crippen LogP contribution is 2.39. The Hall–Kier alpha value is -3.28. The molecule has 29 heavy (non-hydrogen) atoms.